The van der Waals surface area contributed by atoms with Gasteiger partial charge in [0, 0.05) is 6.54 Å². The highest BCUT2D eigenvalue weighted by Crippen LogP contribution is 2.48. The second-order valence-electron chi connectivity index (χ2n) is 6.92. The molecule has 0 radical (unpaired) electrons. The van der Waals surface area contributed by atoms with E-state index < -0.39 is 11.9 Å². The highest BCUT2D eigenvalue weighted by molar-refractivity contribution is 5.84. The molecule has 3 aliphatic rings. The molecule has 0 bridgehead atoms. The quantitative estimate of drug-likeness (QED) is 0.784. The van der Waals surface area contributed by atoms with Crippen molar-refractivity contribution >= 4 is 11.9 Å². The molecule has 4 heteroatoms. The second-order valence-corrected chi connectivity index (χ2v) is 6.92. The Bertz CT molecular complexity index is 375. The van der Waals surface area contributed by atoms with Crippen molar-refractivity contribution in [2.24, 2.45) is 29.6 Å². The van der Waals surface area contributed by atoms with Crippen LogP contribution in [0.2, 0.25) is 0 Å². The summed E-state index contributed by atoms with van der Waals surface area (Å²) in [6, 6.07) is 0. The number of carboxylic acids is 1. The Hall–Kier alpha value is -1.06. The average molecular weight is 279 g/mol. The van der Waals surface area contributed by atoms with E-state index in [4.69, 9.17) is 0 Å². The van der Waals surface area contributed by atoms with E-state index in [1.165, 1.54) is 25.7 Å². The Morgan fingerprint density at radius 1 is 0.950 bits per heavy atom. The van der Waals surface area contributed by atoms with Gasteiger partial charge in [-0.05, 0) is 56.3 Å². The second kappa shape index (κ2) is 5.74. The minimum atomic E-state index is -0.800. The molecule has 0 spiro atoms. The van der Waals surface area contributed by atoms with Gasteiger partial charge >= 0.3 is 5.97 Å². The molecule has 2 N–H and O–H groups in total. The van der Waals surface area contributed by atoms with Gasteiger partial charge < -0.3 is 10.4 Å². The van der Waals surface area contributed by atoms with E-state index in [9.17, 15) is 14.7 Å². The zero-order chi connectivity index (χ0) is 14.1. The average Bonchev–Trinajstić information content (AvgIpc) is 3.31. The standard InChI is InChI=1S/C16H25NO3/c18-15(12-3-1-2-4-13(12)16(19)20)17-9-14(10-5-6-10)11-7-8-11/h10-14H,1-9H2,(H,17,18)(H,19,20)/t12-,13+/m1/s1. The molecule has 3 aliphatic carbocycles. The highest BCUT2D eigenvalue weighted by Gasteiger charge is 2.42. The van der Waals surface area contributed by atoms with Crippen molar-refractivity contribution in [3.63, 3.8) is 0 Å². The number of aliphatic carboxylic acids is 1. The van der Waals surface area contributed by atoms with E-state index in [2.05, 4.69) is 5.32 Å². The summed E-state index contributed by atoms with van der Waals surface area (Å²) in [5.41, 5.74) is 0. The van der Waals surface area contributed by atoms with Gasteiger partial charge in [0.15, 0.2) is 0 Å². The molecule has 0 saturated heterocycles. The van der Waals surface area contributed by atoms with Crippen LogP contribution < -0.4 is 5.32 Å². The zero-order valence-electron chi connectivity index (χ0n) is 12.0. The Labute approximate surface area is 120 Å². The van der Waals surface area contributed by atoms with Gasteiger partial charge in [-0.15, -0.1) is 0 Å². The van der Waals surface area contributed by atoms with Gasteiger partial charge in [0.25, 0.3) is 0 Å². The van der Waals surface area contributed by atoms with E-state index >= 15 is 0 Å². The third-order valence-electron chi connectivity index (χ3n) is 5.39. The lowest BCUT2D eigenvalue weighted by Crippen LogP contribution is -2.41. The van der Waals surface area contributed by atoms with E-state index in [1.54, 1.807) is 0 Å². The summed E-state index contributed by atoms with van der Waals surface area (Å²) >= 11 is 0. The van der Waals surface area contributed by atoms with Gasteiger partial charge in [0.1, 0.15) is 0 Å². The summed E-state index contributed by atoms with van der Waals surface area (Å²) in [5, 5.41) is 12.3. The van der Waals surface area contributed by atoms with Crippen molar-refractivity contribution in [3.05, 3.63) is 0 Å². The first kappa shape index (κ1) is 13.9. The zero-order valence-corrected chi connectivity index (χ0v) is 12.0. The molecule has 0 unspecified atom stereocenters. The van der Waals surface area contributed by atoms with Crippen LogP contribution in [0, 0.1) is 29.6 Å². The lowest BCUT2D eigenvalue weighted by atomic mass is 9.78. The molecule has 3 rings (SSSR count). The fourth-order valence-electron chi connectivity index (χ4n) is 3.86. The predicted octanol–water partition coefficient (Wildman–Crippen LogP) is 2.43. The maximum absolute atomic E-state index is 12.3. The van der Waals surface area contributed by atoms with Gasteiger partial charge in [-0.3, -0.25) is 9.59 Å². The minimum Gasteiger partial charge on any atom is -0.481 e. The number of carboxylic acid groups (broad SMARTS) is 1. The SMILES string of the molecule is O=C(O)[C@H]1CCCC[C@H]1C(=O)NCC(C1CC1)C1CC1. The first-order valence-electron chi connectivity index (χ1n) is 8.17. The highest BCUT2D eigenvalue weighted by atomic mass is 16.4. The maximum Gasteiger partial charge on any atom is 0.307 e. The van der Waals surface area contributed by atoms with Gasteiger partial charge in [-0.25, -0.2) is 0 Å². The van der Waals surface area contributed by atoms with E-state index in [-0.39, 0.29) is 11.8 Å². The largest absolute Gasteiger partial charge is 0.481 e. The molecule has 112 valence electrons. The molecule has 0 heterocycles. The maximum atomic E-state index is 12.3. The first-order valence-corrected chi connectivity index (χ1v) is 8.17. The van der Waals surface area contributed by atoms with Gasteiger partial charge in [-0.2, -0.15) is 0 Å². The van der Waals surface area contributed by atoms with Crippen molar-refractivity contribution in [2.75, 3.05) is 6.54 Å². The van der Waals surface area contributed by atoms with Crippen LogP contribution in [-0.2, 0) is 9.59 Å². The lowest BCUT2D eigenvalue weighted by Gasteiger charge is -2.28. The molecule has 0 aromatic carbocycles. The Kier molecular flexibility index (Phi) is 3.99. The molecule has 4 nitrogen and oxygen atoms in total. The van der Waals surface area contributed by atoms with Crippen molar-refractivity contribution in [3.8, 4) is 0 Å². The van der Waals surface area contributed by atoms with Gasteiger partial charge in [0.2, 0.25) is 5.91 Å². The van der Waals surface area contributed by atoms with Crippen LogP contribution in [0.3, 0.4) is 0 Å². The normalized spacial score (nSPS) is 30.2. The van der Waals surface area contributed by atoms with Crippen LogP contribution >= 0.6 is 0 Å². The third kappa shape index (κ3) is 3.15. The summed E-state index contributed by atoms with van der Waals surface area (Å²) in [5.74, 6) is 0.721. The molecule has 0 aromatic rings. The van der Waals surface area contributed by atoms with E-state index in [1.807, 2.05) is 0 Å². The summed E-state index contributed by atoms with van der Waals surface area (Å²) < 4.78 is 0. The number of hydrogen-bond donors (Lipinski definition) is 2. The molecular formula is C16H25NO3. The lowest BCUT2D eigenvalue weighted by molar-refractivity contribution is -0.149. The molecule has 0 aromatic heterocycles. The topological polar surface area (TPSA) is 66.4 Å². The first-order chi connectivity index (χ1) is 9.66. The third-order valence-corrected chi connectivity index (χ3v) is 5.39. The monoisotopic (exact) mass is 279 g/mol. The van der Waals surface area contributed by atoms with Gasteiger partial charge in [-0.1, -0.05) is 12.8 Å². The molecule has 3 saturated carbocycles. The number of nitrogens with one attached hydrogen (secondary N) is 1. The number of carbonyl (C=O) groups is 2. The molecule has 20 heavy (non-hydrogen) atoms. The summed E-state index contributed by atoms with van der Waals surface area (Å²) in [6.45, 7) is 0.775. The van der Waals surface area contributed by atoms with Crippen LogP contribution in [0.5, 0.6) is 0 Å². The Morgan fingerprint density at radius 3 is 2.00 bits per heavy atom. The summed E-state index contributed by atoms with van der Waals surface area (Å²) in [6.07, 6.45) is 8.58. The molecule has 1 amide bonds. The van der Waals surface area contributed by atoms with E-state index in [0.29, 0.717) is 12.3 Å². The van der Waals surface area contributed by atoms with Crippen LogP contribution in [0.15, 0.2) is 0 Å². The smallest absolute Gasteiger partial charge is 0.307 e. The van der Waals surface area contributed by atoms with Crippen LogP contribution in [-0.4, -0.2) is 23.5 Å². The molecule has 2 atom stereocenters. The number of carbonyl (C=O) groups excluding carboxylic acids is 1. The number of amides is 1. The van der Waals surface area contributed by atoms with Crippen LogP contribution in [0.4, 0.5) is 0 Å². The fraction of sp³-hybridized carbons (Fsp3) is 0.875. The van der Waals surface area contributed by atoms with E-state index in [0.717, 1.165) is 37.6 Å². The van der Waals surface area contributed by atoms with Crippen LogP contribution in [0.1, 0.15) is 51.4 Å². The Balaban J connectivity index is 1.53. The Morgan fingerprint density at radius 2 is 1.50 bits per heavy atom. The molecule has 3 fully saturated rings. The summed E-state index contributed by atoms with van der Waals surface area (Å²) in [4.78, 5) is 23.6. The number of rotatable bonds is 6. The molecular weight excluding hydrogens is 254 g/mol. The van der Waals surface area contributed by atoms with Gasteiger partial charge in [0.05, 0.1) is 11.8 Å². The van der Waals surface area contributed by atoms with Crippen LogP contribution in [0.25, 0.3) is 0 Å². The molecule has 0 aliphatic heterocycles. The fourth-order valence-corrected chi connectivity index (χ4v) is 3.86. The van der Waals surface area contributed by atoms with Crippen molar-refractivity contribution < 1.29 is 14.7 Å². The minimum absolute atomic E-state index is 0.0107. The van der Waals surface area contributed by atoms with Crippen molar-refractivity contribution in [1.29, 1.82) is 0 Å². The number of hydrogen-bond acceptors (Lipinski definition) is 2. The van der Waals surface area contributed by atoms with Crippen molar-refractivity contribution in [1.82, 2.24) is 5.32 Å². The summed E-state index contributed by atoms with van der Waals surface area (Å²) in [7, 11) is 0. The predicted molar refractivity (Wildman–Crippen MR) is 75.0 cm³/mol. The van der Waals surface area contributed by atoms with Crippen molar-refractivity contribution in [2.45, 2.75) is 51.4 Å².